The van der Waals surface area contributed by atoms with E-state index in [1.807, 2.05) is 31.2 Å². The van der Waals surface area contributed by atoms with E-state index in [9.17, 15) is 4.79 Å². The highest BCUT2D eigenvalue weighted by Crippen LogP contribution is 2.33. The zero-order chi connectivity index (χ0) is 16.4. The van der Waals surface area contributed by atoms with Crippen LogP contribution in [0.1, 0.15) is 18.2 Å². The van der Waals surface area contributed by atoms with Gasteiger partial charge in [-0.3, -0.25) is 9.69 Å². The number of hydrogen-bond donors (Lipinski definition) is 0. The van der Waals surface area contributed by atoms with Crippen LogP contribution in [0.2, 0.25) is 0 Å². The summed E-state index contributed by atoms with van der Waals surface area (Å²) in [6, 6.07) is 12.9. The van der Waals surface area contributed by atoms with Crippen molar-refractivity contribution in [2.45, 2.75) is 6.92 Å². The zero-order valence-corrected chi connectivity index (χ0v) is 13.9. The van der Waals surface area contributed by atoms with Crippen LogP contribution in [-0.4, -0.2) is 21.7 Å². The Labute approximate surface area is 143 Å². The van der Waals surface area contributed by atoms with E-state index >= 15 is 0 Å². The second-order valence-corrected chi connectivity index (χ2v) is 6.49. The third kappa shape index (κ3) is 3.07. The predicted molar refractivity (Wildman–Crippen MR) is 94.4 cm³/mol. The van der Waals surface area contributed by atoms with Crippen molar-refractivity contribution in [3.63, 3.8) is 0 Å². The number of rotatable bonds is 3. The van der Waals surface area contributed by atoms with Crippen molar-refractivity contribution in [2.75, 3.05) is 6.54 Å². The first-order chi connectivity index (χ1) is 11.1. The van der Waals surface area contributed by atoms with Crippen molar-refractivity contribution in [1.82, 2.24) is 4.90 Å². The lowest BCUT2D eigenvalue weighted by Crippen LogP contribution is -2.27. The number of amides is 1. The van der Waals surface area contributed by atoms with Crippen LogP contribution in [0, 0.1) is 11.3 Å². The summed E-state index contributed by atoms with van der Waals surface area (Å²) in [5.41, 5.74) is 1.48. The molecule has 4 nitrogen and oxygen atoms in total. The summed E-state index contributed by atoms with van der Waals surface area (Å²) in [5.74, 6) is 1.20. The van der Waals surface area contributed by atoms with Crippen molar-refractivity contribution in [2.24, 2.45) is 0 Å². The Morgan fingerprint density at radius 2 is 2.04 bits per heavy atom. The summed E-state index contributed by atoms with van der Waals surface area (Å²) in [7, 11) is 0. The number of furan rings is 1. The van der Waals surface area contributed by atoms with Gasteiger partial charge in [0.15, 0.2) is 0 Å². The second kappa shape index (κ2) is 6.41. The van der Waals surface area contributed by atoms with Gasteiger partial charge in [-0.2, -0.15) is 5.26 Å². The van der Waals surface area contributed by atoms with Gasteiger partial charge in [-0.1, -0.05) is 24.0 Å². The Morgan fingerprint density at radius 1 is 1.30 bits per heavy atom. The lowest BCUT2D eigenvalue weighted by Gasteiger charge is -2.09. The van der Waals surface area contributed by atoms with Crippen molar-refractivity contribution >= 4 is 40.3 Å². The van der Waals surface area contributed by atoms with Gasteiger partial charge in [0.2, 0.25) is 0 Å². The molecular formula is C17H12N2O2S2. The maximum Gasteiger partial charge on any atom is 0.266 e. The van der Waals surface area contributed by atoms with E-state index in [1.165, 1.54) is 11.8 Å². The number of likely N-dealkylation sites (N-methyl/N-ethyl adjacent to an activating group) is 1. The molecule has 6 heteroatoms. The third-order valence-electron chi connectivity index (χ3n) is 3.39. The topological polar surface area (TPSA) is 57.2 Å². The van der Waals surface area contributed by atoms with Gasteiger partial charge in [-0.25, -0.2) is 0 Å². The van der Waals surface area contributed by atoms with Crippen molar-refractivity contribution in [1.29, 1.82) is 5.26 Å². The fourth-order valence-corrected chi connectivity index (χ4v) is 3.56. The molecule has 23 heavy (non-hydrogen) atoms. The average molecular weight is 340 g/mol. The summed E-state index contributed by atoms with van der Waals surface area (Å²) in [5, 5.41) is 8.82. The molecule has 1 aromatic heterocycles. The molecule has 114 valence electrons. The monoisotopic (exact) mass is 340 g/mol. The molecule has 1 fully saturated rings. The zero-order valence-electron chi connectivity index (χ0n) is 12.3. The molecule has 0 unspecified atom stereocenters. The number of thioether (sulfide) groups is 1. The van der Waals surface area contributed by atoms with Gasteiger partial charge < -0.3 is 4.42 Å². The standard InChI is InChI=1S/C17H12N2O2S2/c1-2-19-16(20)15(23-17(19)22)9-13-7-8-14(21-13)12-5-3-11(10-18)4-6-12/h3-9H,2H2,1H3. The average Bonchev–Trinajstić information content (AvgIpc) is 3.13. The van der Waals surface area contributed by atoms with Gasteiger partial charge in [0.25, 0.3) is 5.91 Å². The van der Waals surface area contributed by atoms with Crippen molar-refractivity contribution < 1.29 is 9.21 Å². The number of hydrogen-bond acceptors (Lipinski definition) is 5. The molecule has 2 aromatic rings. The molecule has 1 aromatic carbocycles. The summed E-state index contributed by atoms with van der Waals surface area (Å²) >= 11 is 6.47. The molecule has 0 aliphatic carbocycles. The first kappa shape index (κ1) is 15.5. The molecule has 0 bridgehead atoms. The van der Waals surface area contributed by atoms with Crippen LogP contribution in [0.5, 0.6) is 0 Å². The quantitative estimate of drug-likeness (QED) is 0.623. The van der Waals surface area contributed by atoms with Crippen LogP contribution in [0.3, 0.4) is 0 Å². The highest BCUT2D eigenvalue weighted by atomic mass is 32.2. The van der Waals surface area contributed by atoms with E-state index in [-0.39, 0.29) is 5.91 Å². The van der Waals surface area contributed by atoms with Gasteiger partial charge in [-0.05, 0) is 43.3 Å². The Kier molecular flexibility index (Phi) is 4.33. The van der Waals surface area contributed by atoms with E-state index in [0.717, 1.165) is 5.56 Å². The second-order valence-electron chi connectivity index (χ2n) is 4.82. The van der Waals surface area contributed by atoms with E-state index in [1.54, 1.807) is 23.1 Å². The summed E-state index contributed by atoms with van der Waals surface area (Å²) < 4.78 is 6.34. The van der Waals surface area contributed by atoms with Crippen LogP contribution >= 0.6 is 24.0 Å². The van der Waals surface area contributed by atoms with E-state index < -0.39 is 0 Å². The molecule has 1 aliphatic rings. The minimum Gasteiger partial charge on any atom is -0.457 e. The summed E-state index contributed by atoms with van der Waals surface area (Å²) in [4.78, 5) is 14.3. The van der Waals surface area contributed by atoms with Crippen molar-refractivity contribution in [3.8, 4) is 17.4 Å². The molecule has 0 saturated carbocycles. The number of carbonyl (C=O) groups is 1. The van der Waals surface area contributed by atoms with Gasteiger partial charge >= 0.3 is 0 Å². The molecule has 3 rings (SSSR count). The SMILES string of the molecule is CCN1C(=O)C(=Cc2ccc(-c3ccc(C#N)cc3)o2)SC1=S. The molecule has 0 atom stereocenters. The molecule has 1 aliphatic heterocycles. The molecule has 0 spiro atoms. The number of thiocarbonyl (C=S) groups is 1. The molecule has 1 saturated heterocycles. The fourth-order valence-electron chi connectivity index (χ4n) is 2.20. The minimum absolute atomic E-state index is 0.0844. The fraction of sp³-hybridized carbons (Fsp3) is 0.118. The Hall–Kier alpha value is -2.36. The van der Waals surface area contributed by atoms with E-state index in [4.69, 9.17) is 21.9 Å². The van der Waals surface area contributed by atoms with Crippen LogP contribution in [0.4, 0.5) is 0 Å². The maximum absolute atomic E-state index is 12.2. The first-order valence-electron chi connectivity index (χ1n) is 6.98. The first-order valence-corrected chi connectivity index (χ1v) is 8.20. The van der Waals surface area contributed by atoms with E-state index in [0.29, 0.717) is 32.9 Å². The lowest BCUT2D eigenvalue weighted by molar-refractivity contribution is -0.121. The molecule has 0 radical (unpaired) electrons. The smallest absolute Gasteiger partial charge is 0.266 e. The molecule has 0 N–H and O–H groups in total. The Morgan fingerprint density at radius 3 is 2.65 bits per heavy atom. The number of nitriles is 1. The number of nitrogens with zero attached hydrogens (tertiary/aromatic N) is 2. The Balaban J connectivity index is 1.85. The number of carbonyl (C=O) groups excluding carboxylic acids is 1. The van der Waals surface area contributed by atoms with Crippen LogP contribution in [0.15, 0.2) is 45.7 Å². The van der Waals surface area contributed by atoms with Crippen LogP contribution in [0.25, 0.3) is 17.4 Å². The maximum atomic E-state index is 12.2. The van der Waals surface area contributed by atoms with Crippen molar-refractivity contribution in [3.05, 3.63) is 52.6 Å². The highest BCUT2D eigenvalue weighted by Gasteiger charge is 2.30. The molecule has 1 amide bonds. The lowest BCUT2D eigenvalue weighted by atomic mass is 10.1. The van der Waals surface area contributed by atoms with Crippen LogP contribution < -0.4 is 0 Å². The van der Waals surface area contributed by atoms with E-state index in [2.05, 4.69) is 6.07 Å². The van der Waals surface area contributed by atoms with Gasteiger partial charge in [-0.15, -0.1) is 0 Å². The number of benzene rings is 1. The summed E-state index contributed by atoms with van der Waals surface area (Å²) in [6.07, 6.45) is 1.71. The largest absolute Gasteiger partial charge is 0.457 e. The predicted octanol–water partition coefficient (Wildman–Crippen LogP) is 4.04. The van der Waals surface area contributed by atoms with Crippen LogP contribution in [-0.2, 0) is 4.79 Å². The van der Waals surface area contributed by atoms with Gasteiger partial charge in [0, 0.05) is 18.2 Å². The van der Waals surface area contributed by atoms with Gasteiger partial charge in [0.1, 0.15) is 15.8 Å². The third-order valence-corrected chi connectivity index (χ3v) is 4.77. The highest BCUT2D eigenvalue weighted by molar-refractivity contribution is 8.26. The minimum atomic E-state index is -0.0844. The van der Waals surface area contributed by atoms with Gasteiger partial charge in [0.05, 0.1) is 16.5 Å². The summed E-state index contributed by atoms with van der Waals surface area (Å²) in [6.45, 7) is 2.46. The Bertz CT molecular complexity index is 844. The normalized spacial score (nSPS) is 16.2. The molecular weight excluding hydrogens is 328 g/mol. The molecule has 2 heterocycles.